The van der Waals surface area contributed by atoms with Crippen LogP contribution in [-0.2, 0) is 9.59 Å². The number of halogens is 1. The summed E-state index contributed by atoms with van der Waals surface area (Å²) >= 11 is 3.40. The molecule has 1 heterocycles. The molecule has 2 N–H and O–H groups in total. The van der Waals surface area contributed by atoms with Gasteiger partial charge in [-0.2, -0.15) is 0 Å². The molecule has 0 atom stereocenters. The lowest BCUT2D eigenvalue weighted by molar-refractivity contribution is -0.122. The van der Waals surface area contributed by atoms with E-state index in [0.29, 0.717) is 21.5 Å². The van der Waals surface area contributed by atoms with Crippen molar-refractivity contribution in [1.29, 1.82) is 0 Å². The first-order valence-corrected chi connectivity index (χ1v) is 9.91. The number of ether oxygens (including phenoxy) is 1. The number of carbonyl (C=O) groups excluding carboxylic acids is 3. The Hall–Kier alpha value is -3.39. The minimum Gasteiger partial charge on any atom is -0.483 e. The number of carbonyl (C=O) groups is 3. The standard InChI is InChI=1S/C22H20BrN3O4/c1-3-10-26-21(28)18(25-22(26)29)12-15-6-9-19(17(23)11-15)30-13-20(27)24-16-7-4-14(2)5-8-16/h3-9,11-12H,1,10,13H2,2H3,(H,24,27)(H,25,29)/b18-12+. The molecule has 0 aromatic heterocycles. The summed E-state index contributed by atoms with van der Waals surface area (Å²) in [4.78, 5) is 37.2. The highest BCUT2D eigenvalue weighted by atomic mass is 79.9. The number of anilines is 1. The van der Waals surface area contributed by atoms with Gasteiger partial charge in [0, 0.05) is 12.2 Å². The van der Waals surface area contributed by atoms with E-state index in [0.717, 1.165) is 10.5 Å². The zero-order chi connectivity index (χ0) is 21.7. The van der Waals surface area contributed by atoms with Crippen LogP contribution >= 0.6 is 15.9 Å². The first-order valence-electron chi connectivity index (χ1n) is 9.11. The van der Waals surface area contributed by atoms with E-state index >= 15 is 0 Å². The van der Waals surface area contributed by atoms with Gasteiger partial charge in [0.05, 0.1) is 4.47 Å². The molecule has 0 saturated carbocycles. The Morgan fingerprint density at radius 3 is 2.63 bits per heavy atom. The highest BCUT2D eigenvalue weighted by molar-refractivity contribution is 9.10. The number of urea groups is 1. The number of rotatable bonds is 7. The number of aryl methyl sites for hydroxylation is 1. The first-order chi connectivity index (χ1) is 14.4. The van der Waals surface area contributed by atoms with Crippen LogP contribution < -0.4 is 15.4 Å². The Morgan fingerprint density at radius 1 is 1.23 bits per heavy atom. The highest BCUT2D eigenvalue weighted by Crippen LogP contribution is 2.27. The summed E-state index contributed by atoms with van der Waals surface area (Å²) in [6.45, 7) is 5.50. The topological polar surface area (TPSA) is 87.7 Å². The molecule has 1 saturated heterocycles. The van der Waals surface area contributed by atoms with Crippen molar-refractivity contribution in [3.8, 4) is 5.75 Å². The van der Waals surface area contributed by atoms with E-state index in [4.69, 9.17) is 4.74 Å². The molecule has 30 heavy (non-hydrogen) atoms. The van der Waals surface area contributed by atoms with Gasteiger partial charge < -0.3 is 15.4 Å². The average Bonchev–Trinajstić information content (AvgIpc) is 2.97. The van der Waals surface area contributed by atoms with Gasteiger partial charge >= 0.3 is 6.03 Å². The largest absolute Gasteiger partial charge is 0.483 e. The van der Waals surface area contributed by atoms with Crippen molar-refractivity contribution < 1.29 is 19.1 Å². The zero-order valence-electron chi connectivity index (χ0n) is 16.3. The number of benzene rings is 2. The van der Waals surface area contributed by atoms with E-state index in [1.807, 2.05) is 31.2 Å². The second-order valence-electron chi connectivity index (χ2n) is 6.59. The quantitative estimate of drug-likeness (QED) is 0.366. The van der Waals surface area contributed by atoms with Gasteiger partial charge in [-0.3, -0.25) is 14.5 Å². The fourth-order valence-electron chi connectivity index (χ4n) is 2.73. The Kier molecular flexibility index (Phi) is 6.68. The molecule has 0 unspecified atom stereocenters. The number of imide groups is 1. The maximum atomic E-state index is 12.3. The number of hydrogen-bond acceptors (Lipinski definition) is 4. The van der Waals surface area contributed by atoms with E-state index in [1.165, 1.54) is 6.08 Å². The Balaban J connectivity index is 1.62. The SMILES string of the molecule is C=CCN1C(=O)N/C(=C/c2ccc(OCC(=O)Nc3ccc(C)cc3)c(Br)c2)C1=O. The van der Waals surface area contributed by atoms with Crippen LogP contribution in [0.1, 0.15) is 11.1 Å². The predicted molar refractivity (Wildman–Crippen MR) is 118 cm³/mol. The average molecular weight is 470 g/mol. The van der Waals surface area contributed by atoms with Gasteiger partial charge in [-0.05, 0) is 58.8 Å². The molecule has 3 rings (SSSR count). The van der Waals surface area contributed by atoms with Crippen molar-refractivity contribution in [3.05, 3.63) is 76.4 Å². The maximum Gasteiger partial charge on any atom is 0.329 e. The van der Waals surface area contributed by atoms with E-state index in [-0.39, 0.29) is 24.8 Å². The van der Waals surface area contributed by atoms with Gasteiger partial charge in [0.1, 0.15) is 11.4 Å². The van der Waals surface area contributed by atoms with E-state index < -0.39 is 11.9 Å². The third kappa shape index (κ3) is 5.15. The van der Waals surface area contributed by atoms with Gasteiger partial charge in [0.25, 0.3) is 11.8 Å². The van der Waals surface area contributed by atoms with Crippen LogP contribution in [0.4, 0.5) is 10.5 Å². The van der Waals surface area contributed by atoms with Gasteiger partial charge in [0.2, 0.25) is 0 Å². The molecule has 0 radical (unpaired) electrons. The zero-order valence-corrected chi connectivity index (χ0v) is 17.9. The van der Waals surface area contributed by atoms with Crippen LogP contribution in [0.2, 0.25) is 0 Å². The van der Waals surface area contributed by atoms with Crippen molar-refractivity contribution in [3.63, 3.8) is 0 Å². The molecule has 154 valence electrons. The van der Waals surface area contributed by atoms with E-state index in [1.54, 1.807) is 24.3 Å². The minimum absolute atomic E-state index is 0.142. The third-order valence-corrected chi connectivity index (χ3v) is 4.85. The molecule has 4 amide bonds. The summed E-state index contributed by atoms with van der Waals surface area (Å²) < 4.78 is 6.18. The van der Waals surface area contributed by atoms with Crippen molar-refractivity contribution in [2.24, 2.45) is 0 Å². The van der Waals surface area contributed by atoms with Crippen LogP contribution in [0.3, 0.4) is 0 Å². The molecule has 2 aromatic rings. The summed E-state index contributed by atoms with van der Waals surface area (Å²) in [5.74, 6) is -0.214. The van der Waals surface area contributed by atoms with Crippen LogP contribution in [0.25, 0.3) is 6.08 Å². The molecule has 0 spiro atoms. The monoisotopic (exact) mass is 469 g/mol. The fourth-order valence-corrected chi connectivity index (χ4v) is 3.25. The summed E-state index contributed by atoms with van der Waals surface area (Å²) in [6, 6.07) is 12.1. The normalized spacial score (nSPS) is 14.6. The molecule has 1 aliphatic rings. The van der Waals surface area contributed by atoms with Gasteiger partial charge in [-0.25, -0.2) is 4.79 Å². The van der Waals surface area contributed by atoms with E-state index in [2.05, 4.69) is 33.1 Å². The first kappa shape index (κ1) is 21.3. The van der Waals surface area contributed by atoms with Crippen molar-refractivity contribution in [1.82, 2.24) is 10.2 Å². The van der Waals surface area contributed by atoms with Crippen molar-refractivity contribution in [2.75, 3.05) is 18.5 Å². The van der Waals surface area contributed by atoms with Crippen LogP contribution in [-0.4, -0.2) is 35.9 Å². The molecule has 1 fully saturated rings. The number of hydrogen-bond donors (Lipinski definition) is 2. The van der Waals surface area contributed by atoms with Crippen LogP contribution in [0.15, 0.2) is 65.3 Å². The molecule has 8 heteroatoms. The lowest BCUT2D eigenvalue weighted by Gasteiger charge is -2.10. The number of nitrogens with zero attached hydrogens (tertiary/aromatic N) is 1. The number of amides is 4. The molecule has 7 nitrogen and oxygen atoms in total. The van der Waals surface area contributed by atoms with Gasteiger partial charge in [-0.15, -0.1) is 6.58 Å². The summed E-state index contributed by atoms with van der Waals surface area (Å²) in [6.07, 6.45) is 3.06. The summed E-state index contributed by atoms with van der Waals surface area (Å²) in [5, 5.41) is 5.30. The highest BCUT2D eigenvalue weighted by Gasteiger charge is 2.32. The predicted octanol–water partition coefficient (Wildman–Crippen LogP) is 3.85. The maximum absolute atomic E-state index is 12.3. The minimum atomic E-state index is -0.482. The Bertz CT molecular complexity index is 1030. The van der Waals surface area contributed by atoms with Crippen molar-refractivity contribution >= 4 is 45.5 Å². The molecule has 1 aliphatic heterocycles. The Morgan fingerprint density at radius 2 is 1.97 bits per heavy atom. The second-order valence-corrected chi connectivity index (χ2v) is 7.44. The third-order valence-electron chi connectivity index (χ3n) is 4.24. The molecule has 0 bridgehead atoms. The van der Waals surface area contributed by atoms with Gasteiger partial charge in [0.15, 0.2) is 6.61 Å². The second kappa shape index (κ2) is 9.41. The smallest absolute Gasteiger partial charge is 0.329 e. The van der Waals surface area contributed by atoms with E-state index in [9.17, 15) is 14.4 Å². The van der Waals surface area contributed by atoms with Crippen LogP contribution in [0.5, 0.6) is 5.75 Å². The summed E-state index contributed by atoms with van der Waals surface area (Å²) in [5.41, 5.74) is 2.67. The summed E-state index contributed by atoms with van der Waals surface area (Å²) in [7, 11) is 0. The Labute approximate surface area is 182 Å². The lowest BCUT2D eigenvalue weighted by atomic mass is 10.2. The number of nitrogens with one attached hydrogen (secondary N) is 2. The van der Waals surface area contributed by atoms with Gasteiger partial charge in [-0.1, -0.05) is 29.8 Å². The molecule has 0 aliphatic carbocycles. The van der Waals surface area contributed by atoms with Crippen LogP contribution in [0, 0.1) is 6.92 Å². The lowest BCUT2D eigenvalue weighted by Crippen LogP contribution is -2.30. The molecule has 2 aromatic carbocycles. The van der Waals surface area contributed by atoms with Crippen molar-refractivity contribution in [2.45, 2.75) is 6.92 Å². The molecular weight excluding hydrogens is 450 g/mol. The fraction of sp³-hybridized carbons (Fsp3) is 0.136. The molecular formula is C22H20BrN3O4.